The van der Waals surface area contributed by atoms with Crippen LogP contribution in [0.3, 0.4) is 0 Å². The molecule has 27 heavy (non-hydrogen) atoms. The van der Waals surface area contributed by atoms with E-state index in [4.69, 9.17) is 16.3 Å². The number of benzene rings is 1. The second-order valence-electron chi connectivity index (χ2n) is 7.45. The summed E-state index contributed by atoms with van der Waals surface area (Å²) in [6.07, 6.45) is 2.16. The molecule has 2 amide bonds. The first-order valence-electron chi connectivity index (χ1n) is 8.55. The number of hydrogen-bond donors (Lipinski definition) is 2. The highest BCUT2D eigenvalue weighted by atomic mass is 35.5. The number of thiophene rings is 1. The third-order valence-electron chi connectivity index (χ3n) is 5.03. The van der Waals surface area contributed by atoms with E-state index >= 15 is 0 Å². The number of ether oxygens (including phenoxy) is 1. The van der Waals surface area contributed by atoms with Crippen molar-refractivity contribution in [2.45, 2.75) is 37.3 Å². The van der Waals surface area contributed by atoms with Gasteiger partial charge < -0.3 is 15.4 Å². The summed E-state index contributed by atoms with van der Waals surface area (Å²) in [6.45, 7) is 1.76. The molecule has 2 aromatic rings. The number of aryl methyl sites for hydroxylation is 1. The van der Waals surface area contributed by atoms with Gasteiger partial charge in [-0.3, -0.25) is 9.59 Å². The summed E-state index contributed by atoms with van der Waals surface area (Å²) >= 11 is 7.05. The minimum Gasteiger partial charge on any atom is -0.484 e. The topological polar surface area (TPSA) is 67.4 Å². The van der Waals surface area contributed by atoms with E-state index in [-0.39, 0.29) is 40.3 Å². The van der Waals surface area contributed by atoms with Crippen LogP contribution in [-0.4, -0.2) is 29.5 Å². The molecular weight excluding hydrogens is 391 g/mol. The standard InChI is InChI=1S/C19H18ClFN2O3S/c1-11-4-15(27-7-11)17(25)23-19-8-18(9-19,10-19)22-16(24)6-26-12-2-3-13(20)14(21)5-12/h2-5,7H,6,8-10H2,1H3,(H,22,24)(H,23,25). The zero-order valence-corrected chi connectivity index (χ0v) is 16.2. The van der Waals surface area contributed by atoms with Gasteiger partial charge >= 0.3 is 0 Å². The number of halogens is 2. The van der Waals surface area contributed by atoms with Gasteiger partial charge in [0.05, 0.1) is 9.90 Å². The van der Waals surface area contributed by atoms with Gasteiger partial charge in [-0.25, -0.2) is 4.39 Å². The molecule has 3 aliphatic carbocycles. The van der Waals surface area contributed by atoms with Crippen LogP contribution in [0.15, 0.2) is 29.6 Å². The van der Waals surface area contributed by atoms with Crippen molar-refractivity contribution >= 4 is 34.8 Å². The molecule has 142 valence electrons. The van der Waals surface area contributed by atoms with Crippen molar-refractivity contribution in [2.24, 2.45) is 0 Å². The van der Waals surface area contributed by atoms with Crippen LogP contribution in [0, 0.1) is 12.7 Å². The first-order valence-corrected chi connectivity index (χ1v) is 9.81. The number of hydrogen-bond acceptors (Lipinski definition) is 4. The van der Waals surface area contributed by atoms with Crippen molar-refractivity contribution in [1.82, 2.24) is 10.6 Å². The van der Waals surface area contributed by atoms with E-state index in [0.29, 0.717) is 4.88 Å². The van der Waals surface area contributed by atoms with Gasteiger partial charge in [-0.2, -0.15) is 0 Å². The summed E-state index contributed by atoms with van der Waals surface area (Å²) in [5.74, 6) is -0.660. The summed E-state index contributed by atoms with van der Waals surface area (Å²) < 4.78 is 18.7. The number of carbonyl (C=O) groups excluding carboxylic acids is 2. The Labute approximate surface area is 164 Å². The van der Waals surface area contributed by atoms with Crippen molar-refractivity contribution in [3.63, 3.8) is 0 Å². The molecule has 0 atom stereocenters. The SMILES string of the molecule is Cc1csc(C(=O)NC23CC(NC(=O)COc4ccc(Cl)c(F)c4)(C2)C3)c1. The van der Waals surface area contributed by atoms with Crippen LogP contribution in [-0.2, 0) is 4.79 Å². The Morgan fingerprint density at radius 3 is 2.56 bits per heavy atom. The fourth-order valence-corrected chi connectivity index (χ4v) is 4.86. The lowest BCUT2D eigenvalue weighted by Crippen LogP contribution is -2.84. The van der Waals surface area contributed by atoms with Crippen LogP contribution in [0.4, 0.5) is 4.39 Å². The number of amides is 2. The minimum atomic E-state index is -0.590. The molecular formula is C19H18ClFN2O3S. The minimum absolute atomic E-state index is 0.00530. The van der Waals surface area contributed by atoms with Crippen molar-refractivity contribution in [3.05, 3.63) is 50.9 Å². The normalized spacial score (nSPS) is 25.1. The molecule has 0 radical (unpaired) electrons. The van der Waals surface area contributed by atoms with Gasteiger partial charge in [0.1, 0.15) is 11.6 Å². The van der Waals surface area contributed by atoms with Crippen LogP contribution in [0.1, 0.15) is 34.5 Å². The summed E-state index contributed by atoms with van der Waals surface area (Å²) in [5, 5.41) is 8.01. The smallest absolute Gasteiger partial charge is 0.261 e. The highest BCUT2D eigenvalue weighted by Crippen LogP contribution is 2.60. The zero-order valence-electron chi connectivity index (χ0n) is 14.6. The summed E-state index contributed by atoms with van der Waals surface area (Å²) in [6, 6.07) is 5.91. The van der Waals surface area contributed by atoms with E-state index in [1.54, 1.807) is 0 Å². The van der Waals surface area contributed by atoms with Gasteiger partial charge in [-0.15, -0.1) is 11.3 Å². The van der Waals surface area contributed by atoms with Crippen molar-refractivity contribution < 1.29 is 18.7 Å². The van der Waals surface area contributed by atoms with Crippen LogP contribution in [0.5, 0.6) is 5.75 Å². The predicted octanol–water partition coefficient (Wildman–Crippen LogP) is 3.45. The average Bonchev–Trinajstić information content (AvgIpc) is 2.99. The Balaban J connectivity index is 1.23. The van der Waals surface area contributed by atoms with Crippen molar-refractivity contribution in [2.75, 3.05) is 6.61 Å². The highest BCUT2D eigenvalue weighted by molar-refractivity contribution is 7.12. The van der Waals surface area contributed by atoms with Gasteiger partial charge in [0.15, 0.2) is 6.61 Å². The summed E-state index contributed by atoms with van der Waals surface area (Å²) in [7, 11) is 0. The van der Waals surface area contributed by atoms with Crippen LogP contribution < -0.4 is 15.4 Å². The molecule has 0 aliphatic heterocycles. The average molecular weight is 409 g/mol. The second-order valence-corrected chi connectivity index (χ2v) is 8.76. The lowest BCUT2D eigenvalue weighted by atomic mass is 9.44. The van der Waals surface area contributed by atoms with Gasteiger partial charge in [0, 0.05) is 17.1 Å². The molecule has 0 spiro atoms. The lowest BCUT2D eigenvalue weighted by Gasteiger charge is -2.70. The van der Waals surface area contributed by atoms with Crippen molar-refractivity contribution in [3.8, 4) is 5.75 Å². The fourth-order valence-electron chi connectivity index (χ4n) is 3.95. The van der Waals surface area contributed by atoms with E-state index in [1.807, 2.05) is 18.4 Å². The molecule has 0 saturated heterocycles. The van der Waals surface area contributed by atoms with Crippen LogP contribution in [0.2, 0.25) is 5.02 Å². The summed E-state index contributed by atoms with van der Waals surface area (Å²) in [4.78, 5) is 25.1. The Kier molecular flexibility index (Phi) is 4.39. The third-order valence-corrected chi connectivity index (χ3v) is 6.38. The van der Waals surface area contributed by atoms with Crippen LogP contribution in [0.25, 0.3) is 0 Å². The summed E-state index contributed by atoms with van der Waals surface area (Å²) in [5.41, 5.74) is 0.610. The largest absolute Gasteiger partial charge is 0.484 e. The molecule has 2 bridgehead atoms. The first-order chi connectivity index (χ1) is 12.8. The molecule has 3 aliphatic rings. The van der Waals surface area contributed by atoms with Crippen LogP contribution >= 0.6 is 22.9 Å². The highest BCUT2D eigenvalue weighted by Gasteiger charge is 2.69. The quantitative estimate of drug-likeness (QED) is 0.769. The zero-order chi connectivity index (χ0) is 19.2. The van der Waals surface area contributed by atoms with E-state index < -0.39 is 5.82 Å². The molecule has 5 rings (SSSR count). The third kappa shape index (κ3) is 3.53. The Hall–Kier alpha value is -2.12. The van der Waals surface area contributed by atoms with Gasteiger partial charge in [-0.1, -0.05) is 11.6 Å². The van der Waals surface area contributed by atoms with Gasteiger partial charge in [0.2, 0.25) is 0 Å². The molecule has 1 aromatic heterocycles. The van der Waals surface area contributed by atoms with E-state index in [1.165, 1.54) is 23.5 Å². The maximum Gasteiger partial charge on any atom is 0.261 e. The molecule has 2 N–H and O–H groups in total. The lowest BCUT2D eigenvalue weighted by molar-refractivity contribution is -0.141. The van der Waals surface area contributed by atoms with E-state index in [9.17, 15) is 14.0 Å². The molecule has 1 heterocycles. The maximum absolute atomic E-state index is 13.4. The number of carbonyl (C=O) groups is 2. The maximum atomic E-state index is 13.4. The molecule has 5 nitrogen and oxygen atoms in total. The van der Waals surface area contributed by atoms with E-state index in [2.05, 4.69) is 10.6 Å². The van der Waals surface area contributed by atoms with Crippen molar-refractivity contribution in [1.29, 1.82) is 0 Å². The Morgan fingerprint density at radius 1 is 1.22 bits per heavy atom. The Bertz CT molecular complexity index is 910. The number of nitrogens with one attached hydrogen (secondary N) is 2. The number of rotatable bonds is 6. The van der Waals surface area contributed by atoms with E-state index in [0.717, 1.165) is 30.9 Å². The Morgan fingerprint density at radius 2 is 1.93 bits per heavy atom. The van der Waals surface area contributed by atoms with Gasteiger partial charge in [-0.05, 0) is 55.3 Å². The molecule has 1 aromatic carbocycles. The molecule has 3 fully saturated rings. The fraction of sp³-hybridized carbons (Fsp3) is 0.368. The molecule has 8 heteroatoms. The molecule has 0 unspecified atom stereocenters. The van der Waals surface area contributed by atoms with Gasteiger partial charge in [0.25, 0.3) is 11.8 Å². The predicted molar refractivity (Wildman–Crippen MR) is 101 cm³/mol. The second kappa shape index (κ2) is 6.49. The first kappa shape index (κ1) is 18.3. The monoisotopic (exact) mass is 408 g/mol. The molecule has 3 saturated carbocycles.